The van der Waals surface area contributed by atoms with Crippen LogP contribution in [-0.4, -0.2) is 12.4 Å². The molecule has 5 rings (SSSR count). The van der Waals surface area contributed by atoms with E-state index in [0.29, 0.717) is 5.22 Å². The first-order chi connectivity index (χ1) is 13.5. The van der Waals surface area contributed by atoms with Crippen molar-refractivity contribution in [3.8, 4) is 0 Å². The molecule has 0 radical (unpaired) electrons. The predicted molar refractivity (Wildman–Crippen MR) is 116 cm³/mol. The fraction of sp³-hybridized carbons (Fsp3) is 0.136. The molecule has 4 aromatic rings. The monoisotopic (exact) mass is 405 g/mol. The standard InChI is InChI=1S/C22H17N2O2S2/c1-23-15-7-3-5-9-17(15)27-19(23)11-13-21(25)14(22(13)26)12-20-24(2)16-8-4-6-10-18(16)28-20/h3-12,19H,1-2H3/q+1. The van der Waals surface area contributed by atoms with Gasteiger partial charge in [-0.1, -0.05) is 47.4 Å². The van der Waals surface area contributed by atoms with Crippen LogP contribution in [-0.2, 0) is 7.05 Å². The average molecular weight is 406 g/mol. The summed E-state index contributed by atoms with van der Waals surface area (Å²) >= 11 is 3.24. The molecule has 0 spiro atoms. The lowest BCUT2D eigenvalue weighted by atomic mass is 10.1. The second-order valence-electron chi connectivity index (χ2n) is 6.85. The quantitative estimate of drug-likeness (QED) is 0.474. The molecule has 0 fully saturated rings. The Morgan fingerprint density at radius 3 is 2.46 bits per heavy atom. The zero-order chi connectivity index (χ0) is 19.4. The number of fused-ring (bicyclic) bond motifs is 2. The number of aryl methyl sites for hydroxylation is 1. The van der Waals surface area contributed by atoms with E-state index in [-0.39, 0.29) is 21.5 Å². The first-order valence-corrected chi connectivity index (χ1v) is 10.6. The van der Waals surface area contributed by atoms with E-state index in [2.05, 4.69) is 17.0 Å². The molecule has 6 heteroatoms. The topological polar surface area (TPSA) is 41.3 Å². The molecule has 0 aliphatic carbocycles. The minimum Gasteiger partial charge on any atom is -0.358 e. The first-order valence-electron chi connectivity index (χ1n) is 8.93. The van der Waals surface area contributed by atoms with Gasteiger partial charge in [0.1, 0.15) is 11.7 Å². The van der Waals surface area contributed by atoms with Gasteiger partial charge < -0.3 is 4.90 Å². The van der Waals surface area contributed by atoms with Gasteiger partial charge in [-0.05, 0) is 24.3 Å². The minimum atomic E-state index is -0.160. The molecule has 2 heterocycles. The van der Waals surface area contributed by atoms with Crippen molar-refractivity contribution in [3.63, 3.8) is 0 Å². The van der Waals surface area contributed by atoms with E-state index in [1.165, 1.54) is 4.90 Å². The first kappa shape index (κ1) is 17.4. The molecule has 1 aliphatic rings. The summed E-state index contributed by atoms with van der Waals surface area (Å²) in [5.74, 6) is 0. The van der Waals surface area contributed by atoms with Gasteiger partial charge >= 0.3 is 0 Å². The molecular formula is C22H17N2O2S2+. The number of hydrogen-bond acceptors (Lipinski definition) is 5. The molecule has 0 saturated carbocycles. The Morgan fingerprint density at radius 2 is 1.71 bits per heavy atom. The maximum Gasteiger partial charge on any atom is 0.263 e. The van der Waals surface area contributed by atoms with E-state index < -0.39 is 0 Å². The molecule has 138 valence electrons. The lowest BCUT2D eigenvalue weighted by Gasteiger charge is -2.18. The minimum absolute atomic E-state index is 0.0395. The average Bonchev–Trinajstić information content (AvgIpc) is 3.21. The lowest BCUT2D eigenvalue weighted by Crippen LogP contribution is -2.65. The van der Waals surface area contributed by atoms with Crippen LogP contribution in [0.25, 0.3) is 22.4 Å². The number of para-hydroxylation sites is 2. The summed E-state index contributed by atoms with van der Waals surface area (Å²) in [5.41, 5.74) is 1.90. The lowest BCUT2D eigenvalue weighted by molar-refractivity contribution is -0.642. The summed E-state index contributed by atoms with van der Waals surface area (Å²) < 4.78 is 3.15. The highest BCUT2D eigenvalue weighted by Gasteiger charge is 2.26. The van der Waals surface area contributed by atoms with E-state index in [9.17, 15) is 9.59 Å². The van der Waals surface area contributed by atoms with Gasteiger partial charge in [0.25, 0.3) is 5.01 Å². The van der Waals surface area contributed by atoms with Gasteiger partial charge in [-0.15, -0.1) is 0 Å². The van der Waals surface area contributed by atoms with Gasteiger partial charge in [0.05, 0.1) is 21.5 Å². The van der Waals surface area contributed by atoms with Crippen molar-refractivity contribution in [3.05, 3.63) is 84.4 Å². The van der Waals surface area contributed by atoms with E-state index in [4.69, 9.17) is 0 Å². The van der Waals surface area contributed by atoms with Crippen molar-refractivity contribution in [2.75, 3.05) is 11.9 Å². The fourth-order valence-electron chi connectivity index (χ4n) is 3.57. The van der Waals surface area contributed by atoms with Crippen LogP contribution in [0.4, 0.5) is 5.69 Å². The van der Waals surface area contributed by atoms with Crippen molar-refractivity contribution in [2.24, 2.45) is 7.05 Å². The van der Waals surface area contributed by atoms with Crippen molar-refractivity contribution in [2.45, 2.75) is 10.3 Å². The number of aromatic nitrogens is 1. The van der Waals surface area contributed by atoms with E-state index >= 15 is 0 Å². The van der Waals surface area contributed by atoms with Gasteiger partial charge in [-0.3, -0.25) is 9.59 Å². The third kappa shape index (κ3) is 2.56. The summed E-state index contributed by atoms with van der Waals surface area (Å²) in [6.45, 7) is 0. The van der Waals surface area contributed by atoms with Crippen LogP contribution in [0.1, 0.15) is 5.01 Å². The Labute approximate surface area is 169 Å². The maximum absolute atomic E-state index is 12.7. The summed E-state index contributed by atoms with van der Waals surface area (Å²) in [6, 6.07) is 16.2. The second-order valence-corrected chi connectivity index (χ2v) is 9.07. The third-order valence-electron chi connectivity index (χ3n) is 5.20. The Morgan fingerprint density at radius 1 is 1.00 bits per heavy atom. The molecule has 0 amide bonds. The number of thioether (sulfide) groups is 1. The Balaban J connectivity index is 1.56. The van der Waals surface area contributed by atoms with Crippen LogP contribution < -0.4 is 30.8 Å². The Hall–Kier alpha value is -2.70. The fourth-order valence-corrected chi connectivity index (χ4v) is 5.89. The summed E-state index contributed by atoms with van der Waals surface area (Å²) in [6.07, 6.45) is 3.53. The number of rotatable bonds is 2. The summed E-state index contributed by atoms with van der Waals surface area (Å²) in [4.78, 5) is 28.6. The number of benzene rings is 2. The number of nitrogens with zero attached hydrogens (tertiary/aromatic N) is 2. The molecule has 4 nitrogen and oxygen atoms in total. The summed E-state index contributed by atoms with van der Waals surface area (Å²) in [5, 5.41) is 1.43. The molecule has 1 unspecified atom stereocenters. The number of hydrogen-bond donors (Lipinski definition) is 0. The molecule has 1 aliphatic heterocycles. The van der Waals surface area contributed by atoms with Crippen LogP contribution in [0.5, 0.6) is 0 Å². The van der Waals surface area contributed by atoms with Crippen LogP contribution in [0.15, 0.2) is 63.0 Å². The molecule has 0 N–H and O–H groups in total. The zero-order valence-corrected chi connectivity index (χ0v) is 17.0. The smallest absolute Gasteiger partial charge is 0.263 e. The maximum atomic E-state index is 12.7. The van der Waals surface area contributed by atoms with Crippen molar-refractivity contribution in [1.29, 1.82) is 0 Å². The normalized spacial score (nSPS) is 15.9. The molecule has 1 aromatic heterocycles. The van der Waals surface area contributed by atoms with Gasteiger partial charge in [-0.2, -0.15) is 4.57 Å². The highest BCUT2D eigenvalue weighted by molar-refractivity contribution is 8.00. The molecule has 0 bridgehead atoms. The van der Waals surface area contributed by atoms with E-state index in [1.54, 1.807) is 35.3 Å². The molecule has 1 atom stereocenters. The second kappa shape index (κ2) is 6.43. The molecule has 3 aromatic carbocycles. The third-order valence-corrected chi connectivity index (χ3v) is 7.66. The van der Waals surface area contributed by atoms with Gasteiger partial charge in [-0.25, -0.2) is 0 Å². The van der Waals surface area contributed by atoms with Gasteiger partial charge in [0.2, 0.25) is 16.4 Å². The number of thiazole rings is 1. The van der Waals surface area contributed by atoms with Crippen LogP contribution in [0, 0.1) is 0 Å². The van der Waals surface area contributed by atoms with Crippen molar-refractivity contribution >= 4 is 51.2 Å². The largest absolute Gasteiger partial charge is 0.358 e. The SMILES string of the molecule is CN1c2ccccc2SC1C=c1c(=O)c(=Cc2sc3ccccc3[n+]2C)c1=O. The summed E-state index contributed by atoms with van der Waals surface area (Å²) in [7, 11) is 3.94. The Bertz CT molecular complexity index is 1400. The van der Waals surface area contributed by atoms with Crippen LogP contribution in [0.3, 0.4) is 0 Å². The van der Waals surface area contributed by atoms with Gasteiger partial charge in [0.15, 0.2) is 0 Å². The Kier molecular flexibility index (Phi) is 4.00. The van der Waals surface area contributed by atoms with E-state index in [1.807, 2.05) is 55.1 Å². The van der Waals surface area contributed by atoms with Gasteiger partial charge in [0, 0.05) is 24.1 Å². The predicted octanol–water partition coefficient (Wildman–Crippen LogP) is 1.50. The zero-order valence-electron chi connectivity index (χ0n) is 15.4. The molecule has 0 saturated heterocycles. The molecule has 28 heavy (non-hydrogen) atoms. The molecular weight excluding hydrogens is 388 g/mol. The van der Waals surface area contributed by atoms with Crippen LogP contribution in [0.2, 0.25) is 0 Å². The van der Waals surface area contributed by atoms with Crippen LogP contribution >= 0.6 is 23.1 Å². The van der Waals surface area contributed by atoms with Crippen molar-refractivity contribution in [1.82, 2.24) is 0 Å². The highest BCUT2D eigenvalue weighted by Crippen LogP contribution is 2.42. The van der Waals surface area contributed by atoms with E-state index in [0.717, 1.165) is 20.9 Å². The number of anilines is 1. The highest BCUT2D eigenvalue weighted by atomic mass is 32.2. The van der Waals surface area contributed by atoms with Crippen molar-refractivity contribution < 1.29 is 4.57 Å².